The molecular weight excluding hydrogens is 449 g/mol. The monoisotopic (exact) mass is 475 g/mol. The molecule has 0 saturated heterocycles. The first-order valence-corrected chi connectivity index (χ1v) is 12.1. The topological polar surface area (TPSA) is 65.8 Å². The van der Waals surface area contributed by atoms with Crippen LogP contribution < -0.4 is 5.32 Å². The Balaban J connectivity index is 1.81. The SMILES string of the molecule is CCC(Sc1nc2c(cc1C#N)CC(C(C)(C)C)CC2)C(=O)Nc1cccc(Cl)c1Cl. The van der Waals surface area contributed by atoms with Gasteiger partial charge in [-0.1, -0.05) is 68.7 Å². The van der Waals surface area contributed by atoms with Crippen molar-refractivity contribution < 1.29 is 4.79 Å². The molecule has 0 aliphatic heterocycles. The van der Waals surface area contributed by atoms with Crippen molar-refractivity contribution in [3.63, 3.8) is 0 Å². The Morgan fingerprint density at radius 2 is 2.13 bits per heavy atom. The average molecular weight is 476 g/mol. The van der Waals surface area contributed by atoms with Crippen LogP contribution in [0.2, 0.25) is 10.0 Å². The van der Waals surface area contributed by atoms with E-state index in [9.17, 15) is 10.1 Å². The zero-order valence-corrected chi connectivity index (χ0v) is 20.6. The molecular formula is C24H27Cl2N3OS. The predicted molar refractivity (Wildman–Crippen MR) is 129 cm³/mol. The molecule has 1 aromatic heterocycles. The van der Waals surface area contributed by atoms with E-state index < -0.39 is 5.25 Å². The largest absolute Gasteiger partial charge is 0.324 e. The van der Waals surface area contributed by atoms with E-state index in [0.717, 1.165) is 30.5 Å². The van der Waals surface area contributed by atoms with E-state index >= 15 is 0 Å². The minimum atomic E-state index is -0.404. The number of halogens is 2. The number of aryl methyl sites for hydroxylation is 1. The molecule has 0 saturated carbocycles. The maximum absolute atomic E-state index is 12.9. The van der Waals surface area contributed by atoms with Gasteiger partial charge >= 0.3 is 0 Å². The van der Waals surface area contributed by atoms with Crippen LogP contribution in [-0.2, 0) is 17.6 Å². The first-order chi connectivity index (χ1) is 14.6. The molecule has 2 unspecified atom stereocenters. The number of hydrogen-bond donors (Lipinski definition) is 1. The summed E-state index contributed by atoms with van der Waals surface area (Å²) in [4.78, 5) is 17.7. The van der Waals surface area contributed by atoms with E-state index in [2.05, 4.69) is 32.2 Å². The number of carbonyl (C=O) groups is 1. The summed E-state index contributed by atoms with van der Waals surface area (Å²) in [5.41, 5.74) is 3.45. The van der Waals surface area contributed by atoms with Gasteiger partial charge in [-0.3, -0.25) is 4.79 Å². The lowest BCUT2D eigenvalue weighted by atomic mass is 9.71. The van der Waals surface area contributed by atoms with Gasteiger partial charge in [-0.15, -0.1) is 0 Å². The lowest BCUT2D eigenvalue weighted by Gasteiger charge is -2.34. The Bertz CT molecular complexity index is 1030. The number of carbonyl (C=O) groups excluding carboxylic acids is 1. The molecule has 1 aliphatic rings. The van der Waals surface area contributed by atoms with E-state index in [1.807, 2.05) is 13.0 Å². The first-order valence-electron chi connectivity index (χ1n) is 10.5. The molecule has 1 heterocycles. The number of nitrogens with one attached hydrogen (secondary N) is 1. The van der Waals surface area contributed by atoms with Crippen LogP contribution in [0.4, 0.5) is 5.69 Å². The highest BCUT2D eigenvalue weighted by atomic mass is 35.5. The molecule has 1 aromatic carbocycles. The molecule has 31 heavy (non-hydrogen) atoms. The minimum absolute atomic E-state index is 0.187. The smallest absolute Gasteiger partial charge is 0.237 e. The lowest BCUT2D eigenvalue weighted by molar-refractivity contribution is -0.115. The number of hydrogen-bond acceptors (Lipinski definition) is 4. The number of benzene rings is 1. The molecule has 2 aromatic rings. The Morgan fingerprint density at radius 3 is 2.77 bits per heavy atom. The van der Waals surface area contributed by atoms with Crippen LogP contribution in [0.3, 0.4) is 0 Å². The Hall–Kier alpha value is -1.74. The summed E-state index contributed by atoms with van der Waals surface area (Å²) in [5.74, 6) is 0.385. The van der Waals surface area contributed by atoms with Gasteiger partial charge in [0, 0.05) is 5.69 Å². The predicted octanol–water partition coefficient (Wildman–Crippen LogP) is 6.92. The number of fused-ring (bicyclic) bond motifs is 1. The van der Waals surface area contributed by atoms with Gasteiger partial charge in [-0.05, 0) is 60.8 Å². The number of aromatic nitrogens is 1. The number of amides is 1. The molecule has 1 N–H and O–H groups in total. The second-order valence-electron chi connectivity index (χ2n) is 8.97. The van der Waals surface area contributed by atoms with Crippen LogP contribution in [-0.4, -0.2) is 16.1 Å². The number of pyridine rings is 1. The zero-order chi connectivity index (χ0) is 22.8. The van der Waals surface area contributed by atoms with Crippen LogP contribution in [0.25, 0.3) is 0 Å². The van der Waals surface area contributed by atoms with E-state index in [1.165, 1.54) is 11.8 Å². The molecule has 1 amide bonds. The Morgan fingerprint density at radius 1 is 1.39 bits per heavy atom. The molecule has 0 fully saturated rings. The molecule has 7 heteroatoms. The molecule has 0 bridgehead atoms. The molecule has 3 rings (SSSR count). The Kier molecular flexibility index (Phi) is 7.57. The molecule has 0 spiro atoms. The fourth-order valence-electron chi connectivity index (χ4n) is 3.83. The van der Waals surface area contributed by atoms with E-state index in [0.29, 0.717) is 38.7 Å². The van der Waals surface area contributed by atoms with Crippen molar-refractivity contribution in [1.29, 1.82) is 5.26 Å². The normalized spacial score (nSPS) is 16.9. The van der Waals surface area contributed by atoms with E-state index in [4.69, 9.17) is 28.2 Å². The number of rotatable bonds is 5. The van der Waals surface area contributed by atoms with Crippen LogP contribution in [0.15, 0.2) is 29.3 Å². The summed E-state index contributed by atoms with van der Waals surface area (Å²) < 4.78 is 0. The van der Waals surface area contributed by atoms with Crippen LogP contribution in [0.1, 0.15) is 57.4 Å². The van der Waals surface area contributed by atoms with Gasteiger partial charge in [-0.25, -0.2) is 4.98 Å². The van der Waals surface area contributed by atoms with Crippen LogP contribution >= 0.6 is 35.0 Å². The van der Waals surface area contributed by atoms with Crippen molar-refractivity contribution in [2.24, 2.45) is 11.3 Å². The molecule has 164 valence electrons. The van der Waals surface area contributed by atoms with Crippen molar-refractivity contribution in [2.75, 3.05) is 5.32 Å². The molecule has 0 radical (unpaired) electrons. The first kappa shape index (κ1) is 23.9. The maximum atomic E-state index is 12.9. The highest BCUT2D eigenvalue weighted by Gasteiger charge is 2.30. The summed E-state index contributed by atoms with van der Waals surface area (Å²) in [6, 6.07) is 9.38. The highest BCUT2D eigenvalue weighted by Crippen LogP contribution is 2.39. The molecule has 4 nitrogen and oxygen atoms in total. The minimum Gasteiger partial charge on any atom is -0.324 e. The third kappa shape index (κ3) is 5.55. The molecule has 1 aliphatic carbocycles. The summed E-state index contributed by atoms with van der Waals surface area (Å²) in [6.45, 7) is 8.74. The number of nitrogens with zero attached hydrogens (tertiary/aromatic N) is 2. The molecule has 2 atom stereocenters. The fraction of sp³-hybridized carbons (Fsp3) is 0.458. The lowest BCUT2D eigenvalue weighted by Crippen LogP contribution is -2.28. The van der Waals surface area contributed by atoms with Gasteiger partial charge in [0.25, 0.3) is 0 Å². The summed E-state index contributed by atoms with van der Waals surface area (Å²) >= 11 is 13.6. The van der Waals surface area contributed by atoms with Gasteiger partial charge in [-0.2, -0.15) is 5.26 Å². The standard InChI is InChI=1S/C24H27Cl2N3OS/c1-5-20(22(30)28-19-8-6-7-17(25)21(19)26)31-23-15(13-27)11-14-12-16(24(2,3)4)9-10-18(14)29-23/h6-8,11,16,20H,5,9-10,12H2,1-4H3,(H,28,30). The van der Waals surface area contributed by atoms with Gasteiger partial charge in [0.1, 0.15) is 11.1 Å². The van der Waals surface area contributed by atoms with Gasteiger partial charge in [0.05, 0.1) is 26.5 Å². The van der Waals surface area contributed by atoms with Crippen molar-refractivity contribution in [3.8, 4) is 6.07 Å². The van der Waals surface area contributed by atoms with Crippen molar-refractivity contribution >= 4 is 46.6 Å². The third-order valence-corrected chi connectivity index (χ3v) is 8.01. The number of nitriles is 1. The van der Waals surface area contributed by atoms with Gasteiger partial charge in [0.15, 0.2) is 0 Å². The second-order valence-corrected chi connectivity index (χ2v) is 10.9. The van der Waals surface area contributed by atoms with Crippen molar-refractivity contribution in [1.82, 2.24) is 4.98 Å². The second kappa shape index (κ2) is 9.81. The fourth-order valence-corrected chi connectivity index (χ4v) is 5.17. The summed E-state index contributed by atoms with van der Waals surface area (Å²) in [6.07, 6.45) is 3.52. The zero-order valence-electron chi connectivity index (χ0n) is 18.3. The number of anilines is 1. The van der Waals surface area contributed by atoms with Crippen LogP contribution in [0, 0.1) is 22.7 Å². The van der Waals surface area contributed by atoms with Crippen LogP contribution in [0.5, 0.6) is 0 Å². The quantitative estimate of drug-likeness (QED) is 0.476. The van der Waals surface area contributed by atoms with E-state index in [-0.39, 0.29) is 11.3 Å². The van der Waals surface area contributed by atoms with E-state index in [1.54, 1.807) is 18.2 Å². The Labute approximate surface area is 198 Å². The van der Waals surface area contributed by atoms with Gasteiger partial charge in [0.2, 0.25) is 5.91 Å². The van der Waals surface area contributed by atoms with Crippen molar-refractivity contribution in [3.05, 3.63) is 51.1 Å². The average Bonchev–Trinajstić information content (AvgIpc) is 2.73. The highest BCUT2D eigenvalue weighted by molar-refractivity contribution is 8.00. The summed E-state index contributed by atoms with van der Waals surface area (Å²) in [7, 11) is 0. The number of thioether (sulfide) groups is 1. The van der Waals surface area contributed by atoms with Crippen molar-refractivity contribution in [2.45, 2.75) is 63.7 Å². The summed E-state index contributed by atoms with van der Waals surface area (Å²) in [5, 5.41) is 13.5. The van der Waals surface area contributed by atoms with Gasteiger partial charge < -0.3 is 5.32 Å². The third-order valence-electron chi connectivity index (χ3n) is 5.82. The maximum Gasteiger partial charge on any atom is 0.237 e.